The summed E-state index contributed by atoms with van der Waals surface area (Å²) in [7, 11) is 0. The van der Waals surface area contributed by atoms with Gasteiger partial charge in [0.05, 0.1) is 5.56 Å². The highest BCUT2D eigenvalue weighted by Gasteiger charge is 2.08. The number of rotatable bonds is 6. The number of carbonyl (C=O) groups is 1. The summed E-state index contributed by atoms with van der Waals surface area (Å²) in [6.45, 7) is 5.69. The van der Waals surface area contributed by atoms with Gasteiger partial charge in [0.2, 0.25) is 0 Å². The molecule has 16 heavy (non-hydrogen) atoms. The lowest BCUT2D eigenvalue weighted by atomic mass is 10.1. The maximum absolute atomic E-state index is 11.9. The second kappa shape index (κ2) is 6.88. The van der Waals surface area contributed by atoms with Crippen LogP contribution in [0.5, 0.6) is 0 Å². The van der Waals surface area contributed by atoms with Crippen molar-refractivity contribution in [2.75, 3.05) is 18.4 Å². The van der Waals surface area contributed by atoms with Gasteiger partial charge in [-0.05, 0) is 25.5 Å². The summed E-state index contributed by atoms with van der Waals surface area (Å²) < 4.78 is 0. The van der Waals surface area contributed by atoms with Gasteiger partial charge in [-0.2, -0.15) is 0 Å². The molecule has 0 aliphatic heterocycles. The zero-order valence-corrected chi connectivity index (χ0v) is 10.0. The van der Waals surface area contributed by atoms with Gasteiger partial charge in [-0.15, -0.1) is 0 Å². The lowest BCUT2D eigenvalue weighted by Gasteiger charge is -2.10. The molecular formula is C13H20N2O. The third kappa shape index (κ3) is 3.57. The van der Waals surface area contributed by atoms with E-state index in [-0.39, 0.29) is 5.91 Å². The molecule has 0 saturated carbocycles. The van der Waals surface area contributed by atoms with Gasteiger partial charge < -0.3 is 10.6 Å². The predicted molar refractivity (Wildman–Crippen MR) is 67.8 cm³/mol. The Balaban J connectivity index is 2.66. The van der Waals surface area contributed by atoms with Gasteiger partial charge in [-0.1, -0.05) is 25.5 Å². The highest BCUT2D eigenvalue weighted by atomic mass is 16.1. The monoisotopic (exact) mass is 220 g/mol. The first kappa shape index (κ1) is 12.6. The summed E-state index contributed by atoms with van der Waals surface area (Å²) in [6, 6.07) is 7.59. The normalized spacial score (nSPS) is 9.88. The lowest BCUT2D eigenvalue weighted by molar-refractivity contribution is 0.0954. The minimum absolute atomic E-state index is 0.00463. The van der Waals surface area contributed by atoms with E-state index in [1.165, 1.54) is 0 Å². The average Bonchev–Trinajstić information content (AvgIpc) is 2.30. The summed E-state index contributed by atoms with van der Waals surface area (Å²) in [6.07, 6.45) is 2.12. The van der Waals surface area contributed by atoms with E-state index in [1.807, 2.05) is 31.2 Å². The van der Waals surface area contributed by atoms with Gasteiger partial charge in [0.1, 0.15) is 0 Å². The molecule has 0 radical (unpaired) electrons. The van der Waals surface area contributed by atoms with Gasteiger partial charge in [-0.25, -0.2) is 0 Å². The minimum Gasteiger partial charge on any atom is -0.385 e. The Morgan fingerprint density at radius 1 is 1.25 bits per heavy atom. The van der Waals surface area contributed by atoms with Gasteiger partial charge in [0.25, 0.3) is 5.91 Å². The van der Waals surface area contributed by atoms with Gasteiger partial charge in [-0.3, -0.25) is 4.79 Å². The fourth-order valence-electron chi connectivity index (χ4n) is 1.50. The molecule has 1 amide bonds. The first-order chi connectivity index (χ1) is 7.79. The number of hydrogen-bond acceptors (Lipinski definition) is 2. The van der Waals surface area contributed by atoms with Crippen molar-refractivity contribution in [1.29, 1.82) is 0 Å². The molecule has 0 saturated heterocycles. The Morgan fingerprint density at radius 3 is 2.69 bits per heavy atom. The van der Waals surface area contributed by atoms with Crippen LogP contribution in [0.1, 0.15) is 37.0 Å². The number of hydrogen-bond donors (Lipinski definition) is 2. The molecule has 0 fully saturated rings. The highest BCUT2D eigenvalue weighted by molar-refractivity contribution is 5.99. The van der Waals surface area contributed by atoms with E-state index in [0.29, 0.717) is 0 Å². The van der Waals surface area contributed by atoms with Crippen molar-refractivity contribution < 1.29 is 4.79 Å². The van der Waals surface area contributed by atoms with Crippen LogP contribution < -0.4 is 10.6 Å². The van der Waals surface area contributed by atoms with Crippen LogP contribution >= 0.6 is 0 Å². The molecule has 0 heterocycles. The Kier molecular flexibility index (Phi) is 5.40. The fourth-order valence-corrected chi connectivity index (χ4v) is 1.50. The van der Waals surface area contributed by atoms with Gasteiger partial charge >= 0.3 is 0 Å². The summed E-state index contributed by atoms with van der Waals surface area (Å²) >= 11 is 0. The van der Waals surface area contributed by atoms with Crippen LogP contribution in [0.15, 0.2) is 24.3 Å². The van der Waals surface area contributed by atoms with Crippen molar-refractivity contribution in [1.82, 2.24) is 5.32 Å². The molecule has 0 aromatic heterocycles. The van der Waals surface area contributed by atoms with Crippen molar-refractivity contribution in [2.45, 2.75) is 26.7 Å². The summed E-state index contributed by atoms with van der Waals surface area (Å²) in [5, 5.41) is 6.11. The number of amides is 1. The molecule has 1 aromatic carbocycles. The molecule has 1 aromatic rings. The smallest absolute Gasteiger partial charge is 0.253 e. The zero-order chi connectivity index (χ0) is 11.8. The van der Waals surface area contributed by atoms with Crippen LogP contribution in [0, 0.1) is 0 Å². The topological polar surface area (TPSA) is 41.1 Å². The van der Waals surface area contributed by atoms with Crippen molar-refractivity contribution in [3.63, 3.8) is 0 Å². The maximum Gasteiger partial charge on any atom is 0.253 e. The summed E-state index contributed by atoms with van der Waals surface area (Å²) in [5.74, 6) is 0.00463. The first-order valence-corrected chi connectivity index (χ1v) is 5.90. The maximum atomic E-state index is 11.9. The van der Waals surface area contributed by atoms with E-state index in [0.717, 1.165) is 37.2 Å². The molecule has 0 aliphatic carbocycles. The van der Waals surface area contributed by atoms with E-state index >= 15 is 0 Å². The van der Waals surface area contributed by atoms with E-state index in [9.17, 15) is 4.79 Å². The van der Waals surface area contributed by atoms with Crippen LogP contribution in [0.2, 0.25) is 0 Å². The van der Waals surface area contributed by atoms with Crippen molar-refractivity contribution in [3.8, 4) is 0 Å². The lowest BCUT2D eigenvalue weighted by Crippen LogP contribution is -2.25. The number of benzene rings is 1. The van der Waals surface area contributed by atoms with E-state index in [2.05, 4.69) is 17.6 Å². The third-order valence-corrected chi connectivity index (χ3v) is 2.35. The molecule has 2 N–H and O–H groups in total. The SMILES string of the molecule is CCCCNC(=O)c1ccccc1NCC. The minimum atomic E-state index is 0.00463. The van der Waals surface area contributed by atoms with E-state index < -0.39 is 0 Å². The highest BCUT2D eigenvalue weighted by Crippen LogP contribution is 2.14. The number of unbranched alkanes of at least 4 members (excludes halogenated alkanes) is 1. The Hall–Kier alpha value is -1.51. The van der Waals surface area contributed by atoms with Crippen LogP contribution in [-0.2, 0) is 0 Å². The van der Waals surface area contributed by atoms with E-state index in [4.69, 9.17) is 0 Å². The van der Waals surface area contributed by atoms with Crippen LogP contribution in [-0.4, -0.2) is 19.0 Å². The second-order valence-corrected chi connectivity index (χ2v) is 3.69. The molecule has 0 bridgehead atoms. The van der Waals surface area contributed by atoms with Crippen molar-refractivity contribution in [2.24, 2.45) is 0 Å². The number of nitrogens with one attached hydrogen (secondary N) is 2. The summed E-state index contributed by atoms with van der Waals surface area (Å²) in [4.78, 5) is 11.9. The third-order valence-electron chi connectivity index (χ3n) is 2.35. The van der Waals surface area contributed by atoms with Crippen LogP contribution in [0.4, 0.5) is 5.69 Å². The fraction of sp³-hybridized carbons (Fsp3) is 0.462. The molecule has 0 spiro atoms. The first-order valence-electron chi connectivity index (χ1n) is 5.90. The molecular weight excluding hydrogens is 200 g/mol. The quantitative estimate of drug-likeness (QED) is 0.724. The number of carbonyl (C=O) groups excluding carboxylic acids is 1. The molecule has 0 atom stereocenters. The standard InChI is InChI=1S/C13H20N2O/c1-3-5-10-15-13(16)11-8-6-7-9-12(11)14-4-2/h6-9,14H,3-5,10H2,1-2H3,(H,15,16). The predicted octanol–water partition coefficient (Wildman–Crippen LogP) is 2.65. The summed E-state index contributed by atoms with van der Waals surface area (Å²) in [5.41, 5.74) is 1.62. The zero-order valence-electron chi connectivity index (χ0n) is 10.0. The number of para-hydroxylation sites is 1. The van der Waals surface area contributed by atoms with E-state index in [1.54, 1.807) is 0 Å². The number of anilines is 1. The van der Waals surface area contributed by atoms with Gasteiger partial charge in [0.15, 0.2) is 0 Å². The molecule has 0 aliphatic rings. The largest absolute Gasteiger partial charge is 0.385 e. The van der Waals surface area contributed by atoms with Crippen LogP contribution in [0.25, 0.3) is 0 Å². The Bertz CT molecular complexity index is 336. The Morgan fingerprint density at radius 2 is 2.00 bits per heavy atom. The van der Waals surface area contributed by atoms with Crippen molar-refractivity contribution in [3.05, 3.63) is 29.8 Å². The van der Waals surface area contributed by atoms with Crippen molar-refractivity contribution >= 4 is 11.6 Å². The second-order valence-electron chi connectivity index (χ2n) is 3.69. The van der Waals surface area contributed by atoms with Gasteiger partial charge in [0, 0.05) is 18.8 Å². The molecule has 3 heteroatoms. The average molecular weight is 220 g/mol. The molecule has 0 unspecified atom stereocenters. The molecule has 3 nitrogen and oxygen atoms in total. The molecule has 1 rings (SSSR count). The Labute approximate surface area is 97.2 Å². The molecule has 88 valence electrons. The van der Waals surface area contributed by atoms with Crippen LogP contribution in [0.3, 0.4) is 0 Å².